The summed E-state index contributed by atoms with van der Waals surface area (Å²) in [5, 5.41) is 7.01. The number of fused-ring (bicyclic) bond motifs is 1. The van der Waals surface area contributed by atoms with Crippen LogP contribution < -0.4 is 10.6 Å². The van der Waals surface area contributed by atoms with Crippen molar-refractivity contribution < 1.29 is 9.18 Å². The van der Waals surface area contributed by atoms with Crippen molar-refractivity contribution in [1.82, 2.24) is 10.3 Å². The number of anilines is 1. The maximum Gasteiger partial charge on any atom is 0.240 e. The molecule has 0 bridgehead atoms. The van der Waals surface area contributed by atoms with Gasteiger partial charge in [0.15, 0.2) is 5.13 Å². The molecule has 7 heteroatoms. The molecule has 3 rings (SSSR count). The van der Waals surface area contributed by atoms with Crippen molar-refractivity contribution in [3.8, 4) is 0 Å². The highest BCUT2D eigenvalue weighted by atomic mass is 35.5. The van der Waals surface area contributed by atoms with E-state index in [1.807, 2.05) is 31.2 Å². The molecule has 24 heavy (non-hydrogen) atoms. The van der Waals surface area contributed by atoms with Gasteiger partial charge in [-0.1, -0.05) is 35.1 Å². The van der Waals surface area contributed by atoms with Crippen LogP contribution in [0, 0.1) is 5.82 Å². The normalized spacial score (nSPS) is 12.3. The van der Waals surface area contributed by atoms with Crippen LogP contribution in [0.3, 0.4) is 0 Å². The van der Waals surface area contributed by atoms with Gasteiger partial charge < -0.3 is 10.6 Å². The monoisotopic (exact) mass is 363 g/mol. The van der Waals surface area contributed by atoms with Crippen LogP contribution in [0.15, 0.2) is 42.5 Å². The van der Waals surface area contributed by atoms with Gasteiger partial charge in [-0.05, 0) is 42.8 Å². The molecule has 0 aliphatic heterocycles. The van der Waals surface area contributed by atoms with E-state index in [9.17, 15) is 9.18 Å². The quantitative estimate of drug-likeness (QED) is 0.707. The van der Waals surface area contributed by atoms with Crippen LogP contribution in [0.2, 0.25) is 5.02 Å². The van der Waals surface area contributed by atoms with Gasteiger partial charge in [-0.3, -0.25) is 4.79 Å². The van der Waals surface area contributed by atoms with E-state index >= 15 is 0 Å². The first kappa shape index (κ1) is 16.8. The Morgan fingerprint density at radius 1 is 1.29 bits per heavy atom. The second-order valence-electron chi connectivity index (χ2n) is 5.33. The third-order valence-corrected chi connectivity index (χ3v) is 4.72. The van der Waals surface area contributed by atoms with E-state index < -0.39 is 0 Å². The lowest BCUT2D eigenvalue weighted by Crippen LogP contribution is -2.30. The molecule has 1 amide bonds. The van der Waals surface area contributed by atoms with Crippen LogP contribution in [0.5, 0.6) is 0 Å². The zero-order valence-electron chi connectivity index (χ0n) is 12.8. The average Bonchev–Trinajstić information content (AvgIpc) is 2.94. The summed E-state index contributed by atoms with van der Waals surface area (Å²) in [5.41, 5.74) is 1.71. The molecule has 0 fully saturated rings. The van der Waals surface area contributed by atoms with Crippen molar-refractivity contribution in [1.29, 1.82) is 0 Å². The van der Waals surface area contributed by atoms with E-state index in [0.717, 1.165) is 5.56 Å². The van der Waals surface area contributed by atoms with Gasteiger partial charge >= 0.3 is 0 Å². The minimum Gasteiger partial charge on any atom is -0.302 e. The summed E-state index contributed by atoms with van der Waals surface area (Å²) >= 11 is 7.11. The fourth-order valence-corrected chi connectivity index (χ4v) is 3.26. The molecule has 1 aromatic heterocycles. The number of nitrogens with one attached hydrogen (secondary N) is 2. The molecule has 0 aliphatic rings. The van der Waals surface area contributed by atoms with Crippen molar-refractivity contribution in [2.24, 2.45) is 0 Å². The summed E-state index contributed by atoms with van der Waals surface area (Å²) in [5.74, 6) is -0.516. The largest absolute Gasteiger partial charge is 0.302 e. The second-order valence-corrected chi connectivity index (χ2v) is 6.80. The summed E-state index contributed by atoms with van der Waals surface area (Å²) in [4.78, 5) is 16.3. The predicted molar refractivity (Wildman–Crippen MR) is 96.1 cm³/mol. The average molecular weight is 364 g/mol. The fourth-order valence-electron chi connectivity index (χ4n) is 2.23. The number of aromatic nitrogens is 1. The van der Waals surface area contributed by atoms with Gasteiger partial charge in [0.25, 0.3) is 0 Å². The molecule has 2 N–H and O–H groups in total. The van der Waals surface area contributed by atoms with Crippen molar-refractivity contribution in [3.05, 3.63) is 58.9 Å². The summed E-state index contributed by atoms with van der Waals surface area (Å²) < 4.78 is 13.9. The van der Waals surface area contributed by atoms with Crippen LogP contribution in [0.1, 0.15) is 18.5 Å². The van der Waals surface area contributed by atoms with E-state index in [0.29, 0.717) is 20.4 Å². The first-order chi connectivity index (χ1) is 11.5. The number of nitrogens with zero attached hydrogens (tertiary/aromatic N) is 1. The summed E-state index contributed by atoms with van der Waals surface area (Å²) in [6, 6.07) is 11.8. The molecule has 2 aromatic carbocycles. The Kier molecular flexibility index (Phi) is 5.08. The number of hydrogen-bond acceptors (Lipinski definition) is 4. The highest BCUT2D eigenvalue weighted by Gasteiger charge is 2.11. The van der Waals surface area contributed by atoms with E-state index in [4.69, 9.17) is 11.6 Å². The number of halogens is 2. The Bertz CT molecular complexity index is 866. The van der Waals surface area contributed by atoms with E-state index in [1.165, 1.54) is 23.5 Å². The first-order valence-electron chi connectivity index (χ1n) is 7.36. The molecular weight excluding hydrogens is 349 g/mol. The number of carbonyl (C=O) groups is 1. The molecule has 0 spiro atoms. The van der Waals surface area contributed by atoms with Crippen LogP contribution in [-0.2, 0) is 4.79 Å². The predicted octanol–water partition coefficient (Wildman–Crippen LogP) is 4.38. The minimum atomic E-state index is -0.317. The highest BCUT2D eigenvalue weighted by molar-refractivity contribution is 7.22. The Hall–Kier alpha value is -2.02. The number of hydrogen-bond donors (Lipinski definition) is 2. The lowest BCUT2D eigenvalue weighted by Gasteiger charge is -2.13. The second kappa shape index (κ2) is 7.25. The van der Waals surface area contributed by atoms with Gasteiger partial charge in [-0.2, -0.15) is 0 Å². The van der Waals surface area contributed by atoms with E-state index in [1.54, 1.807) is 6.07 Å². The van der Waals surface area contributed by atoms with Crippen molar-refractivity contribution in [2.75, 3.05) is 11.9 Å². The molecule has 1 atom stereocenters. The van der Waals surface area contributed by atoms with Crippen LogP contribution in [-0.4, -0.2) is 17.4 Å². The molecule has 0 saturated heterocycles. The Morgan fingerprint density at radius 3 is 2.79 bits per heavy atom. The standard InChI is InChI=1S/C17H15ClFN3OS/c1-10(11-2-4-12(18)5-3-11)20-9-16(23)22-17-21-14-7-6-13(19)8-15(14)24-17/h2-8,10,20H,9H2,1H3,(H,21,22,23). The van der Waals surface area contributed by atoms with Crippen molar-refractivity contribution in [2.45, 2.75) is 13.0 Å². The Labute approximate surface area is 147 Å². The zero-order valence-corrected chi connectivity index (χ0v) is 14.4. The number of benzene rings is 2. The topological polar surface area (TPSA) is 54.0 Å². The van der Waals surface area contributed by atoms with Gasteiger partial charge in [0.05, 0.1) is 16.8 Å². The molecule has 4 nitrogen and oxygen atoms in total. The molecule has 0 radical (unpaired) electrons. The smallest absolute Gasteiger partial charge is 0.240 e. The molecule has 1 unspecified atom stereocenters. The molecule has 0 aliphatic carbocycles. The number of carbonyl (C=O) groups excluding carboxylic acids is 1. The number of amides is 1. The molecule has 124 valence electrons. The van der Waals surface area contributed by atoms with E-state index in [-0.39, 0.29) is 24.3 Å². The Balaban J connectivity index is 1.57. The van der Waals surface area contributed by atoms with Crippen LogP contribution >= 0.6 is 22.9 Å². The van der Waals surface area contributed by atoms with Crippen molar-refractivity contribution in [3.63, 3.8) is 0 Å². The van der Waals surface area contributed by atoms with Gasteiger partial charge in [-0.15, -0.1) is 0 Å². The molecule has 0 saturated carbocycles. The number of rotatable bonds is 5. The lowest BCUT2D eigenvalue weighted by molar-refractivity contribution is -0.115. The first-order valence-corrected chi connectivity index (χ1v) is 8.55. The maximum absolute atomic E-state index is 13.2. The van der Waals surface area contributed by atoms with Gasteiger partial charge in [-0.25, -0.2) is 9.37 Å². The summed E-state index contributed by atoms with van der Waals surface area (Å²) in [6.45, 7) is 2.12. The molecular formula is C17H15ClFN3OS. The summed E-state index contributed by atoms with van der Waals surface area (Å²) in [6.07, 6.45) is 0. The maximum atomic E-state index is 13.2. The number of thiazole rings is 1. The zero-order chi connectivity index (χ0) is 17.1. The van der Waals surface area contributed by atoms with Gasteiger partial charge in [0, 0.05) is 11.1 Å². The lowest BCUT2D eigenvalue weighted by atomic mass is 10.1. The third kappa shape index (κ3) is 4.08. The summed E-state index contributed by atoms with van der Waals surface area (Å²) in [7, 11) is 0. The van der Waals surface area contributed by atoms with Crippen LogP contribution in [0.4, 0.5) is 9.52 Å². The minimum absolute atomic E-state index is 0.0116. The van der Waals surface area contributed by atoms with Crippen LogP contribution in [0.25, 0.3) is 10.2 Å². The van der Waals surface area contributed by atoms with Gasteiger partial charge in [0.1, 0.15) is 5.82 Å². The Morgan fingerprint density at radius 2 is 2.04 bits per heavy atom. The van der Waals surface area contributed by atoms with Crippen molar-refractivity contribution >= 4 is 44.2 Å². The van der Waals surface area contributed by atoms with E-state index in [2.05, 4.69) is 15.6 Å². The molecule has 1 heterocycles. The fraction of sp³-hybridized carbons (Fsp3) is 0.176. The highest BCUT2D eigenvalue weighted by Crippen LogP contribution is 2.26. The SMILES string of the molecule is CC(NCC(=O)Nc1nc2ccc(F)cc2s1)c1ccc(Cl)cc1. The van der Waals surface area contributed by atoms with Gasteiger partial charge in [0.2, 0.25) is 5.91 Å². The molecule has 3 aromatic rings. The third-order valence-electron chi connectivity index (χ3n) is 3.54.